The van der Waals surface area contributed by atoms with Gasteiger partial charge in [0.25, 0.3) is 10.0 Å². The first-order chi connectivity index (χ1) is 9.82. The van der Waals surface area contributed by atoms with E-state index in [1.54, 1.807) is 13.8 Å². The van der Waals surface area contributed by atoms with E-state index in [9.17, 15) is 18.0 Å². The Labute approximate surface area is 122 Å². The SMILES string of the molecule is CCCN(CC(=O)OCC)S(=O)(=O)c1ccc(C(=O)O)o1. The molecule has 0 atom stereocenters. The number of carbonyl (C=O) groups is 2. The molecule has 0 saturated heterocycles. The van der Waals surface area contributed by atoms with Crippen molar-refractivity contribution in [2.24, 2.45) is 0 Å². The second kappa shape index (κ2) is 7.23. The van der Waals surface area contributed by atoms with Gasteiger partial charge < -0.3 is 14.3 Å². The van der Waals surface area contributed by atoms with Gasteiger partial charge in [-0.1, -0.05) is 6.92 Å². The molecule has 1 aromatic heterocycles. The molecule has 0 aromatic carbocycles. The molecule has 1 N–H and O–H groups in total. The fourth-order valence-electron chi connectivity index (χ4n) is 1.59. The molecule has 0 spiro atoms. The van der Waals surface area contributed by atoms with Gasteiger partial charge in [0.15, 0.2) is 0 Å². The largest absolute Gasteiger partial charge is 0.475 e. The highest BCUT2D eigenvalue weighted by Crippen LogP contribution is 2.19. The Morgan fingerprint density at radius 2 is 2.00 bits per heavy atom. The van der Waals surface area contributed by atoms with Crippen LogP contribution in [0.4, 0.5) is 0 Å². The minimum Gasteiger partial charge on any atom is -0.475 e. The Morgan fingerprint density at radius 1 is 1.33 bits per heavy atom. The maximum atomic E-state index is 12.3. The van der Waals surface area contributed by atoms with Gasteiger partial charge in [0.2, 0.25) is 10.9 Å². The topological polar surface area (TPSA) is 114 Å². The molecule has 0 amide bonds. The van der Waals surface area contributed by atoms with Crippen LogP contribution in [0.1, 0.15) is 30.8 Å². The van der Waals surface area contributed by atoms with Crippen LogP contribution in [0, 0.1) is 0 Å². The van der Waals surface area contributed by atoms with E-state index >= 15 is 0 Å². The summed E-state index contributed by atoms with van der Waals surface area (Å²) in [5, 5.41) is 8.23. The van der Waals surface area contributed by atoms with Crippen molar-refractivity contribution in [1.29, 1.82) is 0 Å². The molecular formula is C12H17NO7S. The Balaban J connectivity index is 3.03. The summed E-state index contributed by atoms with van der Waals surface area (Å²) in [7, 11) is -4.09. The van der Waals surface area contributed by atoms with Crippen LogP contribution in [0.5, 0.6) is 0 Å². The number of ether oxygens (including phenoxy) is 1. The van der Waals surface area contributed by atoms with Crippen LogP contribution in [0.3, 0.4) is 0 Å². The Hall–Kier alpha value is -1.87. The van der Waals surface area contributed by atoms with E-state index in [0.29, 0.717) is 6.42 Å². The Kier molecular flexibility index (Phi) is 5.91. The summed E-state index contributed by atoms with van der Waals surface area (Å²) in [6.45, 7) is 3.14. The van der Waals surface area contributed by atoms with Crippen LogP contribution in [0.15, 0.2) is 21.6 Å². The number of esters is 1. The van der Waals surface area contributed by atoms with Gasteiger partial charge in [0.1, 0.15) is 6.54 Å². The number of carbonyl (C=O) groups excluding carboxylic acids is 1. The van der Waals surface area contributed by atoms with E-state index in [1.807, 2.05) is 0 Å². The third-order valence-electron chi connectivity index (χ3n) is 2.47. The van der Waals surface area contributed by atoms with Crippen molar-refractivity contribution in [1.82, 2.24) is 4.31 Å². The molecule has 0 radical (unpaired) electrons. The van der Waals surface area contributed by atoms with Crippen molar-refractivity contribution < 1.29 is 32.3 Å². The monoisotopic (exact) mass is 319 g/mol. The van der Waals surface area contributed by atoms with E-state index < -0.39 is 39.4 Å². The molecule has 0 unspecified atom stereocenters. The Bertz CT molecular complexity index is 605. The zero-order chi connectivity index (χ0) is 16.0. The number of furan rings is 1. The maximum absolute atomic E-state index is 12.3. The molecule has 1 rings (SSSR count). The second-order valence-electron chi connectivity index (χ2n) is 4.07. The number of hydrogen-bond donors (Lipinski definition) is 1. The first kappa shape index (κ1) is 17.2. The Morgan fingerprint density at radius 3 is 2.48 bits per heavy atom. The standard InChI is InChI=1S/C12H17NO7S/c1-3-7-13(8-10(14)19-4-2)21(17,18)11-6-5-9(20-11)12(15)16/h5-6H,3-4,7-8H2,1-2H3,(H,15,16). The van der Waals surface area contributed by atoms with Gasteiger partial charge in [0, 0.05) is 6.54 Å². The van der Waals surface area contributed by atoms with Crippen molar-refractivity contribution in [2.45, 2.75) is 25.4 Å². The van der Waals surface area contributed by atoms with Gasteiger partial charge in [-0.3, -0.25) is 4.79 Å². The van der Waals surface area contributed by atoms with Crippen LogP contribution in [-0.2, 0) is 19.6 Å². The molecule has 0 bridgehead atoms. The first-order valence-corrected chi connectivity index (χ1v) is 7.75. The molecular weight excluding hydrogens is 302 g/mol. The highest BCUT2D eigenvalue weighted by molar-refractivity contribution is 7.89. The molecule has 0 fully saturated rings. The summed E-state index contributed by atoms with van der Waals surface area (Å²) in [6, 6.07) is 2.09. The van der Waals surface area contributed by atoms with Gasteiger partial charge in [-0.25, -0.2) is 13.2 Å². The van der Waals surface area contributed by atoms with Gasteiger partial charge >= 0.3 is 11.9 Å². The number of rotatable bonds is 8. The molecule has 0 aliphatic rings. The summed E-state index contributed by atoms with van der Waals surface area (Å²) in [4.78, 5) is 22.2. The van der Waals surface area contributed by atoms with Crippen LogP contribution >= 0.6 is 0 Å². The summed E-state index contributed by atoms with van der Waals surface area (Å²) in [5.74, 6) is -2.54. The average Bonchev–Trinajstić information content (AvgIpc) is 2.89. The van der Waals surface area contributed by atoms with Crippen molar-refractivity contribution in [3.05, 3.63) is 17.9 Å². The fraction of sp³-hybridized carbons (Fsp3) is 0.500. The number of nitrogens with zero attached hydrogens (tertiary/aromatic N) is 1. The first-order valence-electron chi connectivity index (χ1n) is 6.31. The smallest absolute Gasteiger partial charge is 0.371 e. The van der Waals surface area contributed by atoms with Gasteiger partial charge in [-0.05, 0) is 25.5 Å². The predicted molar refractivity (Wildman–Crippen MR) is 71.4 cm³/mol. The number of sulfonamides is 1. The zero-order valence-corrected chi connectivity index (χ0v) is 12.6. The normalized spacial score (nSPS) is 11.6. The summed E-state index contributed by atoms with van der Waals surface area (Å²) >= 11 is 0. The van der Waals surface area contributed by atoms with Crippen molar-refractivity contribution in [3.8, 4) is 0 Å². The molecule has 9 heteroatoms. The summed E-state index contributed by atoms with van der Waals surface area (Å²) < 4.78 is 35.1. The fourth-order valence-corrected chi connectivity index (χ4v) is 2.97. The number of aromatic carboxylic acids is 1. The quantitative estimate of drug-likeness (QED) is 0.709. The number of carboxylic acids is 1. The van der Waals surface area contributed by atoms with Crippen LogP contribution in [0.25, 0.3) is 0 Å². The molecule has 8 nitrogen and oxygen atoms in total. The summed E-state index contributed by atoms with van der Waals surface area (Å²) in [5.41, 5.74) is 0. The predicted octanol–water partition coefficient (Wildman–Crippen LogP) is 0.942. The molecule has 0 saturated carbocycles. The lowest BCUT2D eigenvalue weighted by molar-refractivity contribution is -0.143. The lowest BCUT2D eigenvalue weighted by atomic mass is 10.5. The van der Waals surface area contributed by atoms with Crippen molar-refractivity contribution in [2.75, 3.05) is 19.7 Å². The van der Waals surface area contributed by atoms with E-state index in [1.165, 1.54) is 0 Å². The minimum absolute atomic E-state index is 0.0876. The summed E-state index contributed by atoms with van der Waals surface area (Å²) in [6.07, 6.45) is 0.477. The molecule has 0 aliphatic heterocycles. The van der Waals surface area contributed by atoms with Gasteiger partial charge in [0.05, 0.1) is 6.61 Å². The van der Waals surface area contributed by atoms with E-state index in [2.05, 4.69) is 0 Å². The average molecular weight is 319 g/mol. The lowest BCUT2D eigenvalue weighted by Gasteiger charge is -2.18. The maximum Gasteiger partial charge on any atom is 0.371 e. The highest BCUT2D eigenvalue weighted by atomic mass is 32.2. The van der Waals surface area contributed by atoms with Crippen LogP contribution in [-0.4, -0.2) is 49.5 Å². The lowest BCUT2D eigenvalue weighted by Crippen LogP contribution is -2.36. The molecule has 21 heavy (non-hydrogen) atoms. The second-order valence-corrected chi connectivity index (χ2v) is 5.94. The van der Waals surface area contributed by atoms with Crippen LogP contribution in [0.2, 0.25) is 0 Å². The third-order valence-corrected chi connectivity index (χ3v) is 4.19. The molecule has 1 heterocycles. The van der Waals surface area contributed by atoms with E-state index in [-0.39, 0.29) is 13.2 Å². The number of hydrogen-bond acceptors (Lipinski definition) is 6. The van der Waals surface area contributed by atoms with Crippen LogP contribution < -0.4 is 0 Å². The van der Waals surface area contributed by atoms with Gasteiger partial charge in [-0.15, -0.1) is 0 Å². The van der Waals surface area contributed by atoms with Gasteiger partial charge in [-0.2, -0.15) is 4.31 Å². The highest BCUT2D eigenvalue weighted by Gasteiger charge is 2.30. The van der Waals surface area contributed by atoms with E-state index in [0.717, 1.165) is 16.4 Å². The molecule has 0 aliphatic carbocycles. The third kappa shape index (κ3) is 4.30. The molecule has 1 aromatic rings. The molecule has 118 valence electrons. The zero-order valence-electron chi connectivity index (χ0n) is 11.7. The number of carboxylic acid groups (broad SMARTS) is 1. The van der Waals surface area contributed by atoms with Crippen molar-refractivity contribution in [3.63, 3.8) is 0 Å². The van der Waals surface area contributed by atoms with E-state index in [4.69, 9.17) is 14.3 Å². The van der Waals surface area contributed by atoms with Crippen molar-refractivity contribution >= 4 is 22.0 Å². The minimum atomic E-state index is -4.09.